The number of hydrogen-bond acceptors (Lipinski definition) is 10. The Morgan fingerprint density at radius 2 is 0.833 bits per heavy atom. The van der Waals surface area contributed by atoms with E-state index in [2.05, 4.69) is 41.2 Å². The molecule has 2 aromatic heterocycles. The highest BCUT2D eigenvalue weighted by atomic mass is 16.5. The molecule has 1 unspecified atom stereocenters. The normalized spacial score (nSPS) is 12.0. The van der Waals surface area contributed by atoms with E-state index in [1.54, 1.807) is 26.2 Å². The molecule has 0 bridgehead atoms. The minimum atomic E-state index is -0.395. The lowest BCUT2D eigenvalue weighted by Crippen LogP contribution is -2.30. The predicted octanol–water partition coefficient (Wildman–Crippen LogP) is 12.5. The number of ether oxygens (including phenoxy) is 3. The van der Waals surface area contributed by atoms with Crippen LogP contribution in [0.15, 0.2) is 55.9 Å². The number of allylic oxidation sites excluding steroid dienone is 4. The van der Waals surface area contributed by atoms with E-state index >= 15 is 0 Å². The minimum absolute atomic E-state index is 0.0154. The summed E-state index contributed by atoms with van der Waals surface area (Å²) in [4.78, 5) is 88.0. The summed E-state index contributed by atoms with van der Waals surface area (Å²) in [7, 11) is 0. The molecule has 408 valence electrons. The summed E-state index contributed by atoms with van der Waals surface area (Å²) in [6, 6.07) is 0. The second-order valence-corrected chi connectivity index (χ2v) is 19.8. The quantitative estimate of drug-likeness (QED) is 0.0279. The Labute approximate surface area is 431 Å². The largest absolute Gasteiger partial charge is 0.466 e. The number of rotatable bonds is 46. The van der Waals surface area contributed by atoms with Crippen LogP contribution in [0.4, 0.5) is 0 Å². The van der Waals surface area contributed by atoms with Crippen molar-refractivity contribution in [1.29, 1.82) is 0 Å². The molecule has 0 aromatic carbocycles. The topological polar surface area (TPSA) is 189 Å². The number of carbonyl (C=O) groups excluding carboxylic acids is 3. The molecule has 0 saturated heterocycles. The van der Waals surface area contributed by atoms with Gasteiger partial charge in [0.25, 0.3) is 11.1 Å². The van der Waals surface area contributed by atoms with Crippen molar-refractivity contribution >= 4 is 17.9 Å². The monoisotopic (exact) mass is 1010 g/mol. The van der Waals surface area contributed by atoms with Gasteiger partial charge in [-0.15, -0.1) is 0 Å². The van der Waals surface area contributed by atoms with E-state index in [-0.39, 0.29) is 35.1 Å². The number of carbonyl (C=O) groups is 3. The van der Waals surface area contributed by atoms with Crippen molar-refractivity contribution in [2.24, 2.45) is 0 Å². The van der Waals surface area contributed by atoms with Gasteiger partial charge < -0.3 is 23.3 Å². The number of H-pyrrole nitrogens is 2. The number of nitrogens with zero attached hydrogens (tertiary/aromatic N) is 2. The summed E-state index contributed by atoms with van der Waals surface area (Å²) in [6.07, 6.45) is 46.8. The fraction of sp³-hybridized carbons (Fsp3) is 0.741. The molecular weight excluding hydrogens is 913 g/mol. The maximum atomic E-state index is 12.6. The van der Waals surface area contributed by atoms with Crippen LogP contribution in [-0.2, 0) is 41.7 Å². The molecule has 0 aliphatic carbocycles. The van der Waals surface area contributed by atoms with Crippen LogP contribution in [0.25, 0.3) is 0 Å². The second-order valence-electron chi connectivity index (χ2n) is 19.8. The Morgan fingerprint density at radius 1 is 0.458 bits per heavy atom. The van der Waals surface area contributed by atoms with Gasteiger partial charge in [0, 0.05) is 55.9 Å². The van der Waals surface area contributed by atoms with Crippen LogP contribution >= 0.6 is 0 Å². The van der Waals surface area contributed by atoms with Crippen molar-refractivity contribution in [3.05, 3.63) is 89.5 Å². The average molecular weight is 1010 g/mol. The third-order valence-electron chi connectivity index (χ3n) is 13.2. The van der Waals surface area contributed by atoms with Gasteiger partial charge >= 0.3 is 29.3 Å². The summed E-state index contributed by atoms with van der Waals surface area (Å²) < 4.78 is 19.8. The van der Waals surface area contributed by atoms with Crippen molar-refractivity contribution in [2.45, 2.75) is 265 Å². The zero-order chi connectivity index (χ0) is 52.3. The molecule has 14 heteroatoms. The number of esters is 3. The molecular formula is C58H96N4O10. The molecule has 0 aliphatic rings. The zero-order valence-corrected chi connectivity index (χ0v) is 45.1. The summed E-state index contributed by atoms with van der Waals surface area (Å²) in [5.74, 6) is -0.359. The molecule has 0 fully saturated rings. The standard InChI is InChI=1S/C58H96N4O10/c1-4-5-29-42-54(65)72-51(39-31-24-20-16-12-8-10-14-18-22-26-37-46-71-53(64)41-33-28-35-44-62-48-50(3)56(67)60-58(62)69)38-30-23-19-15-11-7-6-9-13-17-21-25-36-45-70-52(63)40-32-27-34-43-61-47-49(2)55(66)59-57(61)68/h15,19-20,24,47-48,51H,4-14,16-18,21-23,25-46H2,1-3H3,(H,59,66,68)(H,60,67,69)/b19-15+,24-20+. The van der Waals surface area contributed by atoms with Gasteiger partial charge in [0.1, 0.15) is 6.10 Å². The highest BCUT2D eigenvalue weighted by Crippen LogP contribution is 2.17. The Morgan fingerprint density at radius 3 is 1.29 bits per heavy atom. The molecule has 2 rings (SSSR count). The maximum absolute atomic E-state index is 12.6. The van der Waals surface area contributed by atoms with Gasteiger partial charge in [0.05, 0.1) is 13.2 Å². The smallest absolute Gasteiger partial charge is 0.328 e. The first-order valence-corrected chi connectivity index (χ1v) is 28.4. The Balaban J connectivity index is 1.40. The number of nitrogens with one attached hydrogen (secondary N) is 2. The molecule has 1 atom stereocenters. The van der Waals surface area contributed by atoms with E-state index in [4.69, 9.17) is 14.2 Å². The zero-order valence-electron chi connectivity index (χ0n) is 45.1. The van der Waals surface area contributed by atoms with E-state index in [0.29, 0.717) is 56.7 Å². The number of unbranched alkanes of at least 4 members (excludes halogenated alkanes) is 23. The van der Waals surface area contributed by atoms with Crippen molar-refractivity contribution in [2.75, 3.05) is 13.2 Å². The molecule has 0 spiro atoms. The number of aromatic amines is 2. The van der Waals surface area contributed by atoms with Crippen LogP contribution in [0.1, 0.15) is 243 Å². The first-order valence-electron chi connectivity index (χ1n) is 28.4. The molecule has 72 heavy (non-hydrogen) atoms. The third kappa shape index (κ3) is 33.8. The van der Waals surface area contributed by atoms with Gasteiger partial charge in [0.2, 0.25) is 0 Å². The van der Waals surface area contributed by atoms with Crippen molar-refractivity contribution in [3.63, 3.8) is 0 Å². The molecule has 14 nitrogen and oxygen atoms in total. The molecule has 0 amide bonds. The average Bonchev–Trinajstić information content (AvgIpc) is 3.35. The van der Waals surface area contributed by atoms with Crippen molar-refractivity contribution < 1.29 is 28.6 Å². The predicted molar refractivity (Wildman–Crippen MR) is 289 cm³/mol. The molecule has 0 radical (unpaired) electrons. The van der Waals surface area contributed by atoms with Crippen LogP contribution in [0.3, 0.4) is 0 Å². The van der Waals surface area contributed by atoms with E-state index < -0.39 is 11.4 Å². The van der Waals surface area contributed by atoms with Crippen LogP contribution in [0.2, 0.25) is 0 Å². The van der Waals surface area contributed by atoms with E-state index in [1.807, 2.05) is 0 Å². The van der Waals surface area contributed by atoms with E-state index in [9.17, 15) is 33.6 Å². The fourth-order valence-corrected chi connectivity index (χ4v) is 8.64. The van der Waals surface area contributed by atoms with Crippen LogP contribution in [0, 0.1) is 13.8 Å². The Hall–Kier alpha value is -4.75. The van der Waals surface area contributed by atoms with Crippen LogP contribution < -0.4 is 22.5 Å². The highest BCUT2D eigenvalue weighted by molar-refractivity contribution is 5.70. The van der Waals surface area contributed by atoms with Gasteiger partial charge in [-0.3, -0.25) is 33.9 Å². The van der Waals surface area contributed by atoms with Crippen molar-refractivity contribution in [1.82, 2.24) is 19.1 Å². The van der Waals surface area contributed by atoms with Gasteiger partial charge in [-0.2, -0.15) is 0 Å². The second kappa shape index (κ2) is 42.7. The lowest BCUT2D eigenvalue weighted by molar-refractivity contribution is -0.150. The van der Waals surface area contributed by atoms with Crippen LogP contribution in [0.5, 0.6) is 0 Å². The summed E-state index contributed by atoms with van der Waals surface area (Å²) in [5.41, 5.74) is -0.470. The summed E-state index contributed by atoms with van der Waals surface area (Å²) in [6.45, 7) is 7.50. The first kappa shape index (κ1) is 63.4. The number of aryl methyl sites for hydroxylation is 4. The number of hydrogen-bond donors (Lipinski definition) is 2. The van der Waals surface area contributed by atoms with E-state index in [0.717, 1.165) is 135 Å². The molecule has 0 aliphatic heterocycles. The van der Waals surface area contributed by atoms with Gasteiger partial charge in [-0.05, 0) is 117 Å². The number of aromatic nitrogens is 4. The van der Waals surface area contributed by atoms with Crippen molar-refractivity contribution in [3.8, 4) is 0 Å². The van der Waals surface area contributed by atoms with Gasteiger partial charge in [-0.25, -0.2) is 9.59 Å². The molecule has 2 heterocycles. The summed E-state index contributed by atoms with van der Waals surface area (Å²) >= 11 is 0. The lowest BCUT2D eigenvalue weighted by atomic mass is 10.0. The Kier molecular flexibility index (Phi) is 37.6. The first-order chi connectivity index (χ1) is 35.0. The summed E-state index contributed by atoms with van der Waals surface area (Å²) in [5, 5.41) is 0. The third-order valence-corrected chi connectivity index (χ3v) is 13.2. The lowest BCUT2D eigenvalue weighted by Gasteiger charge is -2.17. The Bertz CT molecular complexity index is 2050. The SMILES string of the molecule is CCCCCC(=O)OC(CC/C=C/CCCCCCCCCCOC(=O)CCCCCn1cc(C)c(=O)[nH]c1=O)CCC/C=C/CCCCCCCCCCOC(=O)CCCCCn1cc(C)c(=O)[nH]c1=O. The molecule has 2 aromatic rings. The fourth-order valence-electron chi connectivity index (χ4n) is 8.64. The van der Waals surface area contributed by atoms with Gasteiger partial charge in [0.15, 0.2) is 0 Å². The van der Waals surface area contributed by atoms with Gasteiger partial charge in [-0.1, -0.05) is 134 Å². The molecule has 0 saturated carbocycles. The van der Waals surface area contributed by atoms with Crippen LogP contribution in [-0.4, -0.2) is 56.3 Å². The molecule has 2 N–H and O–H groups in total. The maximum Gasteiger partial charge on any atom is 0.328 e. The minimum Gasteiger partial charge on any atom is -0.466 e. The highest BCUT2D eigenvalue weighted by Gasteiger charge is 2.14. The van der Waals surface area contributed by atoms with E-state index in [1.165, 1.54) is 79.8 Å².